The Morgan fingerprint density at radius 1 is 1.05 bits per heavy atom. The number of hydrogen-bond donors (Lipinski definition) is 4. The van der Waals surface area contributed by atoms with Crippen LogP contribution in [0.15, 0.2) is 0 Å². The van der Waals surface area contributed by atoms with E-state index in [0.29, 0.717) is 11.4 Å². The molecule has 1 aromatic heterocycles. The van der Waals surface area contributed by atoms with Crippen molar-refractivity contribution in [1.29, 1.82) is 5.26 Å². The molecule has 8 nitrogen and oxygen atoms in total. The van der Waals surface area contributed by atoms with Crippen molar-refractivity contribution in [3.8, 4) is 6.07 Å². The second kappa shape index (κ2) is 9.03. The minimum Gasteiger partial charge on any atom is -0.394 e. The van der Waals surface area contributed by atoms with Crippen molar-refractivity contribution in [2.75, 3.05) is 13.2 Å². The van der Waals surface area contributed by atoms with Crippen LogP contribution in [0.2, 0.25) is 0 Å². The van der Waals surface area contributed by atoms with Gasteiger partial charge in [0.1, 0.15) is 6.07 Å². The molecule has 0 aliphatic rings. The highest BCUT2D eigenvalue weighted by Crippen LogP contribution is 2.20. The Morgan fingerprint density at radius 3 is 2.05 bits per heavy atom. The van der Waals surface area contributed by atoms with Crippen molar-refractivity contribution in [2.24, 2.45) is 0 Å². The van der Waals surface area contributed by atoms with Gasteiger partial charge < -0.3 is 25.3 Å². The van der Waals surface area contributed by atoms with Crippen LogP contribution in [0.5, 0.6) is 0 Å². The largest absolute Gasteiger partial charge is 0.394 e. The van der Waals surface area contributed by atoms with Crippen LogP contribution in [0.3, 0.4) is 0 Å². The van der Waals surface area contributed by atoms with Gasteiger partial charge in [0.15, 0.2) is 0 Å². The van der Waals surface area contributed by atoms with Crippen LogP contribution in [0, 0.1) is 17.9 Å². The highest BCUT2D eigenvalue weighted by Gasteiger charge is 2.18. The van der Waals surface area contributed by atoms with Crippen LogP contribution in [-0.4, -0.2) is 55.8 Å². The predicted octanol–water partition coefficient (Wildman–Crippen LogP) is -0.529. The minimum absolute atomic E-state index is 0.00635. The van der Waals surface area contributed by atoms with Gasteiger partial charge in [0, 0.05) is 0 Å². The lowest BCUT2D eigenvalue weighted by atomic mass is 10.1. The lowest BCUT2D eigenvalue weighted by molar-refractivity contribution is 0.0878. The molecule has 1 aromatic rings. The molecule has 2 atom stereocenters. The normalized spacial score (nSPS) is 13.2. The van der Waals surface area contributed by atoms with Crippen LogP contribution in [-0.2, 0) is 12.8 Å². The minimum atomic E-state index is -0.909. The van der Waals surface area contributed by atoms with Gasteiger partial charge in [-0.25, -0.2) is 0 Å². The first kappa shape index (κ1) is 18.0. The molecular weight excluding hydrogens is 288 g/mol. The molecule has 8 heteroatoms. The van der Waals surface area contributed by atoms with E-state index in [0.717, 1.165) is 0 Å². The fraction of sp³-hybridized carbons (Fsp3) is 0.571. The summed E-state index contributed by atoms with van der Waals surface area (Å²) >= 11 is 0. The first-order chi connectivity index (χ1) is 10.5. The average molecular weight is 306 g/mol. The Labute approximate surface area is 128 Å². The third-order valence-corrected chi connectivity index (χ3v) is 3.08. The molecular formula is C14H18N4O4. The highest BCUT2D eigenvalue weighted by molar-refractivity contribution is 5.45. The van der Waals surface area contributed by atoms with Gasteiger partial charge in [0.2, 0.25) is 0 Å². The standard InChI is InChI=1S/C14H18N4O4/c1-16-14-12(5-3-10(22)8-20)17-11(13(6-15)18-14)4-2-9(21)7-19/h9-10,19-22H,2-5,7-8H2. The molecule has 2 unspecified atom stereocenters. The lowest BCUT2D eigenvalue weighted by Crippen LogP contribution is -2.15. The first-order valence-corrected chi connectivity index (χ1v) is 6.80. The molecule has 0 amide bonds. The molecule has 4 N–H and O–H groups in total. The fourth-order valence-electron chi connectivity index (χ4n) is 1.81. The molecule has 0 aromatic carbocycles. The molecule has 0 aliphatic heterocycles. The van der Waals surface area contributed by atoms with Crippen molar-refractivity contribution in [3.63, 3.8) is 0 Å². The topological polar surface area (TPSA) is 135 Å². The Hall–Kier alpha value is -2.10. The molecule has 22 heavy (non-hydrogen) atoms. The van der Waals surface area contributed by atoms with E-state index < -0.39 is 12.2 Å². The van der Waals surface area contributed by atoms with E-state index in [9.17, 15) is 10.2 Å². The fourth-order valence-corrected chi connectivity index (χ4v) is 1.81. The van der Waals surface area contributed by atoms with Gasteiger partial charge in [-0.05, 0) is 25.7 Å². The number of rotatable bonds is 8. The third-order valence-electron chi connectivity index (χ3n) is 3.08. The van der Waals surface area contributed by atoms with Gasteiger partial charge in [-0.1, -0.05) is 6.57 Å². The van der Waals surface area contributed by atoms with Crippen molar-refractivity contribution >= 4 is 5.82 Å². The summed E-state index contributed by atoms with van der Waals surface area (Å²) in [5.74, 6) is -0.00635. The zero-order chi connectivity index (χ0) is 16.5. The number of aliphatic hydroxyl groups excluding tert-OH is 4. The highest BCUT2D eigenvalue weighted by atomic mass is 16.3. The van der Waals surface area contributed by atoms with E-state index in [1.807, 2.05) is 6.07 Å². The van der Waals surface area contributed by atoms with Gasteiger partial charge in [-0.2, -0.15) is 5.26 Å². The van der Waals surface area contributed by atoms with Crippen molar-refractivity contribution in [2.45, 2.75) is 37.9 Å². The maximum Gasteiger partial charge on any atom is 0.292 e. The number of nitriles is 1. The van der Waals surface area contributed by atoms with E-state index in [4.69, 9.17) is 22.0 Å². The second-order valence-electron chi connectivity index (χ2n) is 4.76. The van der Waals surface area contributed by atoms with Crippen LogP contribution < -0.4 is 0 Å². The monoisotopic (exact) mass is 306 g/mol. The maximum atomic E-state index is 9.37. The zero-order valence-electron chi connectivity index (χ0n) is 12.0. The molecule has 118 valence electrons. The van der Waals surface area contributed by atoms with E-state index in [1.54, 1.807) is 0 Å². The number of aromatic nitrogens is 2. The molecule has 1 rings (SSSR count). The van der Waals surface area contributed by atoms with Crippen LogP contribution >= 0.6 is 0 Å². The molecule has 0 aliphatic carbocycles. The van der Waals surface area contributed by atoms with Gasteiger partial charge in [0.05, 0.1) is 36.8 Å². The Kier molecular flexibility index (Phi) is 7.37. The summed E-state index contributed by atoms with van der Waals surface area (Å²) in [7, 11) is 0. The summed E-state index contributed by atoms with van der Waals surface area (Å²) in [4.78, 5) is 11.4. The van der Waals surface area contributed by atoms with Crippen molar-refractivity contribution in [3.05, 3.63) is 28.5 Å². The Balaban J connectivity index is 3.00. The SMILES string of the molecule is [C-]#[N+]c1nc(C#N)c(CCC(O)CO)nc1CCC(O)CO. The van der Waals surface area contributed by atoms with Crippen LogP contribution in [0.25, 0.3) is 4.85 Å². The van der Waals surface area contributed by atoms with Gasteiger partial charge in [-0.15, -0.1) is 4.98 Å². The van der Waals surface area contributed by atoms with E-state index in [2.05, 4.69) is 14.8 Å². The van der Waals surface area contributed by atoms with Gasteiger partial charge >= 0.3 is 0 Å². The van der Waals surface area contributed by atoms with Gasteiger partial charge in [0.25, 0.3) is 11.5 Å². The van der Waals surface area contributed by atoms with Crippen molar-refractivity contribution < 1.29 is 20.4 Å². The van der Waals surface area contributed by atoms with E-state index >= 15 is 0 Å². The summed E-state index contributed by atoms with van der Waals surface area (Å²) in [6, 6.07) is 1.86. The second-order valence-corrected chi connectivity index (χ2v) is 4.76. The summed E-state index contributed by atoms with van der Waals surface area (Å²) in [5.41, 5.74) is 0.702. The predicted molar refractivity (Wildman–Crippen MR) is 75.8 cm³/mol. The number of aliphatic hydroxyl groups is 4. The smallest absolute Gasteiger partial charge is 0.292 e. The molecule has 0 fully saturated rings. The third kappa shape index (κ3) is 5.02. The Bertz CT molecular complexity index is 532. The summed E-state index contributed by atoms with van der Waals surface area (Å²) < 4.78 is 0. The van der Waals surface area contributed by atoms with Crippen molar-refractivity contribution in [1.82, 2.24) is 9.97 Å². The van der Waals surface area contributed by atoms with Crippen LogP contribution in [0.4, 0.5) is 5.82 Å². The average Bonchev–Trinajstić information content (AvgIpc) is 2.56. The number of hydrogen-bond acceptors (Lipinski definition) is 7. The molecule has 1 heterocycles. The molecule has 0 saturated carbocycles. The molecule has 0 saturated heterocycles. The molecule has 0 spiro atoms. The first-order valence-electron chi connectivity index (χ1n) is 6.80. The van der Waals surface area contributed by atoms with Crippen LogP contribution in [0.1, 0.15) is 29.9 Å². The van der Waals surface area contributed by atoms with E-state index in [1.165, 1.54) is 0 Å². The summed E-state index contributed by atoms with van der Waals surface area (Å²) in [6.07, 6.45) is -0.892. The number of aryl methyl sites for hydroxylation is 2. The van der Waals surface area contributed by atoms with Gasteiger partial charge in [-0.3, -0.25) is 4.98 Å². The molecule has 0 bridgehead atoms. The zero-order valence-corrected chi connectivity index (χ0v) is 12.0. The summed E-state index contributed by atoms with van der Waals surface area (Å²) in [6.45, 7) is 6.32. The Morgan fingerprint density at radius 2 is 1.59 bits per heavy atom. The number of nitrogens with zero attached hydrogens (tertiary/aromatic N) is 4. The quantitative estimate of drug-likeness (QED) is 0.474. The lowest BCUT2D eigenvalue weighted by Gasteiger charge is -2.10. The van der Waals surface area contributed by atoms with E-state index in [-0.39, 0.29) is 50.4 Å². The summed E-state index contributed by atoms with van der Waals surface area (Å²) in [5, 5.41) is 45.4. The maximum absolute atomic E-state index is 9.37. The molecule has 0 radical (unpaired) electrons.